The van der Waals surface area contributed by atoms with Crippen molar-refractivity contribution in [1.82, 2.24) is 0 Å². The third-order valence-electron chi connectivity index (χ3n) is 4.47. The summed E-state index contributed by atoms with van der Waals surface area (Å²) in [6, 6.07) is 8.61. The Morgan fingerprint density at radius 3 is 3.00 bits per heavy atom. The molecule has 104 valence electrons. The fourth-order valence-electron chi connectivity index (χ4n) is 3.33. The van der Waals surface area contributed by atoms with Crippen molar-refractivity contribution in [3.63, 3.8) is 0 Å². The second kappa shape index (κ2) is 5.51. The maximum atomic E-state index is 6.41. The number of rotatable bonds is 3. The van der Waals surface area contributed by atoms with Gasteiger partial charge in [0, 0.05) is 6.04 Å². The predicted molar refractivity (Wildman–Crippen MR) is 75.4 cm³/mol. The van der Waals surface area contributed by atoms with E-state index in [4.69, 9.17) is 15.2 Å². The van der Waals surface area contributed by atoms with Crippen LogP contribution in [0.3, 0.4) is 0 Å². The van der Waals surface area contributed by atoms with Gasteiger partial charge < -0.3 is 15.2 Å². The van der Waals surface area contributed by atoms with E-state index in [1.807, 2.05) is 6.07 Å². The van der Waals surface area contributed by atoms with Crippen LogP contribution >= 0.6 is 0 Å². The first-order valence-corrected chi connectivity index (χ1v) is 7.33. The summed E-state index contributed by atoms with van der Waals surface area (Å²) in [5, 5.41) is 0. The molecule has 1 aromatic carbocycles. The largest absolute Gasteiger partial charge is 0.493 e. The van der Waals surface area contributed by atoms with Crippen molar-refractivity contribution in [2.75, 3.05) is 13.2 Å². The van der Waals surface area contributed by atoms with E-state index in [1.54, 1.807) is 0 Å². The third kappa shape index (κ3) is 2.77. The smallest absolute Gasteiger partial charge is 0.122 e. The Morgan fingerprint density at radius 2 is 2.21 bits per heavy atom. The summed E-state index contributed by atoms with van der Waals surface area (Å²) in [5.74, 6) is 2.10. The molecule has 2 N–H and O–H groups in total. The van der Waals surface area contributed by atoms with E-state index >= 15 is 0 Å². The highest BCUT2D eigenvalue weighted by Crippen LogP contribution is 2.37. The molecule has 2 aliphatic heterocycles. The first kappa shape index (κ1) is 12.9. The minimum Gasteiger partial charge on any atom is -0.493 e. The average Bonchev–Trinajstić information content (AvgIpc) is 2.86. The van der Waals surface area contributed by atoms with Gasteiger partial charge in [0.25, 0.3) is 0 Å². The number of benzene rings is 1. The second-order valence-corrected chi connectivity index (χ2v) is 5.91. The van der Waals surface area contributed by atoms with Crippen LogP contribution in [0, 0.1) is 5.92 Å². The Hall–Kier alpha value is -1.06. The van der Waals surface area contributed by atoms with Crippen molar-refractivity contribution in [1.29, 1.82) is 0 Å². The molecule has 0 amide bonds. The molecule has 3 heteroatoms. The molecule has 0 spiro atoms. The van der Waals surface area contributed by atoms with Gasteiger partial charge in [0.15, 0.2) is 0 Å². The Morgan fingerprint density at radius 1 is 1.37 bits per heavy atom. The van der Waals surface area contributed by atoms with Crippen molar-refractivity contribution in [2.45, 2.75) is 44.2 Å². The van der Waals surface area contributed by atoms with Gasteiger partial charge in [-0.1, -0.05) is 18.2 Å². The number of fused-ring (bicyclic) bond motifs is 1. The number of para-hydroxylation sites is 1. The Balaban J connectivity index is 1.67. The topological polar surface area (TPSA) is 44.5 Å². The molecule has 3 rings (SSSR count). The zero-order valence-electron chi connectivity index (χ0n) is 11.5. The van der Waals surface area contributed by atoms with E-state index in [-0.39, 0.29) is 6.04 Å². The van der Waals surface area contributed by atoms with Gasteiger partial charge in [0.1, 0.15) is 5.75 Å². The molecule has 0 radical (unpaired) electrons. The summed E-state index contributed by atoms with van der Waals surface area (Å²) in [7, 11) is 0. The third-order valence-corrected chi connectivity index (χ3v) is 4.47. The standard InChI is InChI=1S/C16H23NO2/c1-11-8-13(10-19-11)15(17)9-12-6-7-18-16-5-3-2-4-14(12)16/h2-5,11-13,15H,6-10,17H2,1H3. The zero-order chi connectivity index (χ0) is 13.2. The van der Waals surface area contributed by atoms with Crippen LogP contribution in [0.25, 0.3) is 0 Å². The highest BCUT2D eigenvalue weighted by atomic mass is 16.5. The number of nitrogens with two attached hydrogens (primary N) is 1. The van der Waals surface area contributed by atoms with Crippen molar-refractivity contribution < 1.29 is 9.47 Å². The quantitative estimate of drug-likeness (QED) is 0.910. The molecule has 4 unspecified atom stereocenters. The van der Waals surface area contributed by atoms with E-state index in [0.29, 0.717) is 17.9 Å². The predicted octanol–water partition coefficient (Wildman–Crippen LogP) is 2.70. The maximum absolute atomic E-state index is 6.41. The van der Waals surface area contributed by atoms with Gasteiger partial charge in [-0.25, -0.2) is 0 Å². The maximum Gasteiger partial charge on any atom is 0.122 e. The van der Waals surface area contributed by atoms with Gasteiger partial charge in [0.05, 0.1) is 19.3 Å². The van der Waals surface area contributed by atoms with Crippen molar-refractivity contribution in [3.8, 4) is 5.75 Å². The first-order chi connectivity index (χ1) is 9.24. The highest BCUT2D eigenvalue weighted by Gasteiger charge is 2.31. The molecule has 1 saturated heterocycles. The molecule has 2 aliphatic rings. The zero-order valence-corrected chi connectivity index (χ0v) is 11.5. The van der Waals surface area contributed by atoms with Gasteiger partial charge in [-0.05, 0) is 49.7 Å². The fraction of sp³-hybridized carbons (Fsp3) is 0.625. The summed E-state index contributed by atoms with van der Waals surface area (Å²) in [5.41, 5.74) is 7.74. The van der Waals surface area contributed by atoms with Crippen LogP contribution in [0.4, 0.5) is 0 Å². The van der Waals surface area contributed by atoms with Crippen LogP contribution in [0.15, 0.2) is 24.3 Å². The lowest BCUT2D eigenvalue weighted by Gasteiger charge is -2.29. The van der Waals surface area contributed by atoms with Gasteiger partial charge in [0.2, 0.25) is 0 Å². The van der Waals surface area contributed by atoms with Gasteiger partial charge in [-0.2, -0.15) is 0 Å². The lowest BCUT2D eigenvalue weighted by atomic mass is 9.83. The summed E-state index contributed by atoms with van der Waals surface area (Å²) in [6.07, 6.45) is 3.60. The van der Waals surface area contributed by atoms with Crippen LogP contribution in [0.5, 0.6) is 5.75 Å². The van der Waals surface area contributed by atoms with Gasteiger partial charge >= 0.3 is 0 Å². The van der Waals surface area contributed by atoms with E-state index in [1.165, 1.54) is 5.56 Å². The Kier molecular flexibility index (Phi) is 3.76. The summed E-state index contributed by atoms with van der Waals surface area (Å²) in [6.45, 7) is 3.77. The molecule has 0 saturated carbocycles. The van der Waals surface area contributed by atoms with Crippen LogP contribution in [-0.2, 0) is 4.74 Å². The number of ether oxygens (including phenoxy) is 2. The SMILES string of the molecule is CC1CC(C(N)CC2CCOc3ccccc32)CO1. The normalized spacial score (nSPS) is 31.6. The van der Waals surface area contributed by atoms with Crippen LogP contribution in [0.1, 0.15) is 37.7 Å². The summed E-state index contributed by atoms with van der Waals surface area (Å²) < 4.78 is 11.4. The van der Waals surface area contributed by atoms with Crippen LogP contribution in [-0.4, -0.2) is 25.4 Å². The van der Waals surface area contributed by atoms with Crippen molar-refractivity contribution in [2.24, 2.45) is 11.7 Å². The monoisotopic (exact) mass is 261 g/mol. The number of hydrogen-bond acceptors (Lipinski definition) is 3. The van der Waals surface area contributed by atoms with E-state index < -0.39 is 0 Å². The van der Waals surface area contributed by atoms with Crippen LogP contribution < -0.4 is 10.5 Å². The lowest BCUT2D eigenvalue weighted by Crippen LogP contribution is -2.33. The highest BCUT2D eigenvalue weighted by molar-refractivity contribution is 5.37. The Labute approximate surface area is 115 Å². The molecular formula is C16H23NO2. The lowest BCUT2D eigenvalue weighted by molar-refractivity contribution is 0.117. The van der Waals surface area contributed by atoms with Crippen molar-refractivity contribution in [3.05, 3.63) is 29.8 Å². The van der Waals surface area contributed by atoms with E-state index in [2.05, 4.69) is 25.1 Å². The molecule has 4 atom stereocenters. The van der Waals surface area contributed by atoms with Crippen LogP contribution in [0.2, 0.25) is 0 Å². The molecule has 0 bridgehead atoms. The molecular weight excluding hydrogens is 238 g/mol. The molecule has 19 heavy (non-hydrogen) atoms. The summed E-state index contributed by atoms with van der Waals surface area (Å²) >= 11 is 0. The number of hydrogen-bond donors (Lipinski definition) is 1. The molecule has 2 heterocycles. The van der Waals surface area contributed by atoms with Gasteiger partial charge in [-0.3, -0.25) is 0 Å². The minimum atomic E-state index is 0.237. The molecule has 0 aliphatic carbocycles. The summed E-state index contributed by atoms with van der Waals surface area (Å²) in [4.78, 5) is 0. The molecule has 3 nitrogen and oxygen atoms in total. The van der Waals surface area contributed by atoms with E-state index in [9.17, 15) is 0 Å². The van der Waals surface area contributed by atoms with Gasteiger partial charge in [-0.15, -0.1) is 0 Å². The molecule has 1 fully saturated rings. The molecule has 1 aromatic rings. The Bertz CT molecular complexity index is 435. The van der Waals surface area contributed by atoms with Crippen molar-refractivity contribution >= 4 is 0 Å². The first-order valence-electron chi connectivity index (χ1n) is 7.33. The average molecular weight is 261 g/mol. The van der Waals surface area contributed by atoms with E-state index in [0.717, 1.165) is 38.2 Å². The molecule has 0 aromatic heterocycles. The minimum absolute atomic E-state index is 0.237. The second-order valence-electron chi connectivity index (χ2n) is 5.91. The fourth-order valence-corrected chi connectivity index (χ4v) is 3.33.